The molecule has 0 fully saturated rings. The first-order valence-electron chi connectivity index (χ1n) is 10.6. The van der Waals surface area contributed by atoms with Crippen LogP contribution in [0, 0.1) is 0 Å². The molecule has 10 N–H and O–H groups in total. The van der Waals surface area contributed by atoms with Crippen LogP contribution in [0.4, 0.5) is 11.4 Å². The maximum absolute atomic E-state index is 5.85. The number of aliphatic imine (C=N–C) groups is 4. The van der Waals surface area contributed by atoms with Crippen LogP contribution in [0.5, 0.6) is 0 Å². The molecule has 0 aliphatic heterocycles. The molecule has 15 heteroatoms. The van der Waals surface area contributed by atoms with E-state index in [0.29, 0.717) is 23.1 Å². The molecule has 0 bridgehead atoms. The van der Waals surface area contributed by atoms with E-state index in [1.165, 1.54) is 0 Å². The molecule has 0 saturated carbocycles. The quantitative estimate of drug-likeness (QED) is 0.0792. The second-order valence-corrected chi connectivity index (χ2v) is 8.02. The first-order chi connectivity index (χ1) is 16.3. The Bertz CT molecular complexity index is 949. The Kier molecular flexibility index (Phi) is 20.5. The summed E-state index contributed by atoms with van der Waals surface area (Å²) in [7, 11) is 0. The zero-order chi connectivity index (χ0) is 24.8. The average Bonchev–Trinajstić information content (AvgIpc) is 2.78. The van der Waals surface area contributed by atoms with Gasteiger partial charge in [0.15, 0.2) is 0 Å². The summed E-state index contributed by atoms with van der Waals surface area (Å²) in [6.07, 6.45) is 3.68. The van der Waals surface area contributed by atoms with E-state index in [4.69, 9.17) is 46.1 Å². The van der Waals surface area contributed by atoms with Crippen LogP contribution in [-0.4, -0.2) is 74.7 Å². The fourth-order valence-electron chi connectivity index (χ4n) is 2.70. The van der Waals surface area contributed by atoms with Crippen LogP contribution in [0.3, 0.4) is 0 Å². The van der Waals surface area contributed by atoms with E-state index in [-0.39, 0.29) is 71.0 Å². The van der Waals surface area contributed by atoms with Crippen molar-refractivity contribution in [1.29, 1.82) is 0 Å². The number of halogens is 4. The summed E-state index contributed by atoms with van der Waals surface area (Å²) in [6.45, 7) is 1.12. The molecular weight excluding hydrogens is 553 g/mol. The minimum Gasteiger partial charge on any atom is -1.00 e. The molecular formula is C22H30CaCl2F2N10. The Hall–Kier alpha value is -2.38. The molecule has 37 heavy (non-hydrogen) atoms. The number of nitrogens with zero attached hydrogens (tertiary/aromatic N) is 4. The zero-order valence-electron chi connectivity index (χ0n) is 20.2. The number of hydrogen-bond acceptors (Lipinski definition) is 2. The first-order valence-corrected chi connectivity index (χ1v) is 11.4. The maximum atomic E-state index is 5.85. The van der Waals surface area contributed by atoms with Gasteiger partial charge in [-0.1, -0.05) is 36.0 Å². The summed E-state index contributed by atoms with van der Waals surface area (Å²) in [4.78, 5) is 16.5. The Morgan fingerprint density at radius 1 is 0.595 bits per heavy atom. The van der Waals surface area contributed by atoms with Gasteiger partial charge in [0.05, 0.1) is 0 Å². The van der Waals surface area contributed by atoms with Gasteiger partial charge in [0.25, 0.3) is 0 Å². The van der Waals surface area contributed by atoms with Crippen molar-refractivity contribution in [1.82, 2.24) is 0 Å². The predicted octanol–water partition coefficient (Wildman–Crippen LogP) is -3.04. The summed E-state index contributed by atoms with van der Waals surface area (Å²) >= 11 is 11.7. The number of nitrogens with one attached hydrogen (secondary N) is 2. The molecule has 0 aliphatic carbocycles. The average molecular weight is 584 g/mol. The van der Waals surface area contributed by atoms with Crippen molar-refractivity contribution in [3.8, 4) is 0 Å². The van der Waals surface area contributed by atoms with Crippen molar-refractivity contribution in [3.05, 3.63) is 58.6 Å². The van der Waals surface area contributed by atoms with Crippen LogP contribution in [0.15, 0.2) is 68.5 Å². The van der Waals surface area contributed by atoms with Crippen molar-refractivity contribution < 1.29 is 9.41 Å². The van der Waals surface area contributed by atoms with Gasteiger partial charge in [0.1, 0.15) is 0 Å². The third-order valence-electron chi connectivity index (χ3n) is 4.32. The maximum Gasteiger partial charge on any atom is 2.00 e. The van der Waals surface area contributed by atoms with Crippen LogP contribution in [0.1, 0.15) is 25.7 Å². The SMILES string of the molecule is NC(=NCCCCCCN=C(N)N=C(N)Nc1ccc(Cl)cc1)N=C(N)Nc1ccc(Cl)cc1.[Ca+2].[F-].[F-]. The number of benzene rings is 2. The van der Waals surface area contributed by atoms with Gasteiger partial charge >= 0.3 is 37.7 Å². The molecule has 0 saturated heterocycles. The summed E-state index contributed by atoms with van der Waals surface area (Å²) in [6, 6.07) is 14.1. The summed E-state index contributed by atoms with van der Waals surface area (Å²) in [5, 5.41) is 7.11. The summed E-state index contributed by atoms with van der Waals surface area (Å²) < 4.78 is 0. The third kappa shape index (κ3) is 16.9. The number of guanidine groups is 4. The number of anilines is 2. The third-order valence-corrected chi connectivity index (χ3v) is 4.82. The molecule has 10 nitrogen and oxygen atoms in total. The Balaban J connectivity index is 0. The number of unbranched alkanes of at least 4 members (excludes halogenated alkanes) is 3. The standard InChI is InChI=1S/C22H30Cl2N10.Ca.2FH/c23-15-5-9-17(10-6-15)31-21(27)33-19(25)29-13-3-1-2-4-14-30-20(26)34-22(28)32-18-11-7-16(24)8-12-18;;;/h5-12H,1-4,13-14H2,(H5,25,27,29,31,33)(H5,26,28,30,32,34);;2*1H/q;+2;;/p-2. The Morgan fingerprint density at radius 3 is 1.24 bits per heavy atom. The number of hydrogen-bond donors (Lipinski definition) is 6. The van der Waals surface area contributed by atoms with Crippen LogP contribution in [0.25, 0.3) is 0 Å². The van der Waals surface area contributed by atoms with E-state index in [1.807, 2.05) is 0 Å². The minimum atomic E-state index is 0. The molecule has 0 aromatic heterocycles. The van der Waals surface area contributed by atoms with Gasteiger partial charge in [-0.05, 0) is 61.4 Å². The predicted molar refractivity (Wildman–Crippen MR) is 151 cm³/mol. The second-order valence-electron chi connectivity index (χ2n) is 7.15. The molecule has 0 heterocycles. The fraction of sp³-hybridized carbons (Fsp3) is 0.273. The van der Waals surface area contributed by atoms with Crippen molar-refractivity contribution in [2.24, 2.45) is 42.9 Å². The van der Waals surface area contributed by atoms with Gasteiger partial charge in [0.2, 0.25) is 23.8 Å². The topological polar surface area (TPSA) is 178 Å². The summed E-state index contributed by atoms with van der Waals surface area (Å²) in [5.41, 5.74) is 24.8. The van der Waals surface area contributed by atoms with E-state index in [0.717, 1.165) is 37.1 Å². The van der Waals surface area contributed by atoms with Crippen LogP contribution >= 0.6 is 23.2 Å². The van der Waals surface area contributed by atoms with Crippen molar-refractivity contribution in [3.63, 3.8) is 0 Å². The number of rotatable bonds is 9. The van der Waals surface area contributed by atoms with E-state index in [9.17, 15) is 0 Å². The molecule has 2 aromatic carbocycles. The number of nitrogens with two attached hydrogens (primary N) is 4. The Labute approximate surface area is 254 Å². The van der Waals surface area contributed by atoms with Crippen molar-refractivity contribution in [2.75, 3.05) is 23.7 Å². The zero-order valence-corrected chi connectivity index (χ0v) is 23.9. The Morgan fingerprint density at radius 2 is 0.919 bits per heavy atom. The second kappa shape index (κ2) is 20.7. The van der Waals surface area contributed by atoms with Gasteiger partial charge in [-0.15, -0.1) is 0 Å². The van der Waals surface area contributed by atoms with Crippen LogP contribution < -0.4 is 43.0 Å². The van der Waals surface area contributed by atoms with E-state index in [1.54, 1.807) is 48.5 Å². The smallest absolute Gasteiger partial charge is 1.00 e. The first kappa shape index (κ1) is 36.8. The monoisotopic (exact) mass is 582 g/mol. The van der Waals surface area contributed by atoms with E-state index >= 15 is 0 Å². The molecule has 0 unspecified atom stereocenters. The van der Waals surface area contributed by atoms with Crippen molar-refractivity contribution in [2.45, 2.75) is 25.7 Å². The summed E-state index contributed by atoms with van der Waals surface area (Å²) in [5.74, 6) is 0.564. The molecule has 198 valence electrons. The fourth-order valence-corrected chi connectivity index (χ4v) is 2.95. The van der Waals surface area contributed by atoms with Gasteiger partial charge < -0.3 is 43.0 Å². The van der Waals surface area contributed by atoms with E-state index in [2.05, 4.69) is 30.6 Å². The molecule has 2 rings (SSSR count). The van der Waals surface area contributed by atoms with E-state index < -0.39 is 0 Å². The normalized spacial score (nSPS) is 12.1. The molecule has 0 radical (unpaired) electrons. The van der Waals surface area contributed by atoms with Gasteiger partial charge in [0, 0.05) is 34.5 Å². The molecule has 2 aromatic rings. The van der Waals surface area contributed by atoms with Gasteiger partial charge in [-0.3, -0.25) is 9.98 Å². The van der Waals surface area contributed by atoms with Crippen LogP contribution in [-0.2, 0) is 0 Å². The molecule has 0 spiro atoms. The van der Waals surface area contributed by atoms with Gasteiger partial charge in [-0.2, -0.15) is 9.98 Å². The molecule has 0 atom stereocenters. The van der Waals surface area contributed by atoms with Gasteiger partial charge in [-0.25, -0.2) is 0 Å². The van der Waals surface area contributed by atoms with Crippen molar-refractivity contribution >= 4 is 96.2 Å². The van der Waals surface area contributed by atoms with Crippen LogP contribution in [0.2, 0.25) is 10.0 Å². The molecule has 0 amide bonds. The largest absolute Gasteiger partial charge is 2.00 e. The molecule has 0 aliphatic rings. The minimum absolute atomic E-state index is 0.